The maximum atomic E-state index is 10.9. The summed E-state index contributed by atoms with van der Waals surface area (Å²) >= 11 is 5.98. The van der Waals surface area contributed by atoms with Crippen molar-refractivity contribution in [3.05, 3.63) is 64.2 Å². The molecule has 1 N–H and O–H groups in total. The molecule has 20 heavy (non-hydrogen) atoms. The lowest BCUT2D eigenvalue weighted by molar-refractivity contribution is 0.0697. The van der Waals surface area contributed by atoms with Crippen LogP contribution in [0.5, 0.6) is 0 Å². The van der Waals surface area contributed by atoms with Crippen LogP contribution >= 0.6 is 11.6 Å². The maximum absolute atomic E-state index is 10.9. The first kappa shape index (κ1) is 14.4. The highest BCUT2D eigenvalue weighted by molar-refractivity contribution is 6.30. The van der Waals surface area contributed by atoms with Crippen LogP contribution in [0, 0.1) is 6.92 Å². The second kappa shape index (κ2) is 5.97. The molecule has 4 heteroatoms. The Morgan fingerprint density at radius 1 is 1.25 bits per heavy atom. The summed E-state index contributed by atoms with van der Waals surface area (Å²) in [5.74, 6) is -0.905. The second-order valence-electron chi connectivity index (χ2n) is 4.79. The summed E-state index contributed by atoms with van der Waals surface area (Å²) in [6.07, 6.45) is 0. The number of halogens is 1. The summed E-state index contributed by atoms with van der Waals surface area (Å²) in [5.41, 5.74) is 3.37. The average Bonchev–Trinajstić information content (AvgIpc) is 2.38. The third-order valence-electron chi connectivity index (χ3n) is 3.16. The van der Waals surface area contributed by atoms with E-state index < -0.39 is 5.97 Å². The van der Waals surface area contributed by atoms with E-state index >= 15 is 0 Å². The van der Waals surface area contributed by atoms with Gasteiger partial charge >= 0.3 is 5.97 Å². The zero-order valence-electron chi connectivity index (χ0n) is 11.4. The van der Waals surface area contributed by atoms with E-state index in [0.29, 0.717) is 17.1 Å². The molecule has 0 aliphatic carbocycles. The van der Waals surface area contributed by atoms with Gasteiger partial charge in [0.2, 0.25) is 0 Å². The molecule has 0 radical (unpaired) electrons. The molecule has 3 nitrogen and oxygen atoms in total. The summed E-state index contributed by atoms with van der Waals surface area (Å²) in [7, 11) is 1.98. The number of rotatable bonds is 4. The van der Waals surface area contributed by atoms with Crippen molar-refractivity contribution in [2.75, 3.05) is 11.9 Å². The number of nitrogens with zero attached hydrogens (tertiary/aromatic N) is 1. The first-order chi connectivity index (χ1) is 9.47. The highest BCUT2D eigenvalue weighted by atomic mass is 35.5. The first-order valence-corrected chi connectivity index (χ1v) is 6.64. The number of aromatic carboxylic acids is 1. The first-order valence-electron chi connectivity index (χ1n) is 6.27. The predicted molar refractivity (Wildman–Crippen MR) is 81.7 cm³/mol. The largest absolute Gasteiger partial charge is 0.478 e. The minimum Gasteiger partial charge on any atom is -0.478 e. The average molecular weight is 290 g/mol. The van der Waals surface area contributed by atoms with Crippen LogP contribution in [0.2, 0.25) is 5.02 Å². The quantitative estimate of drug-likeness (QED) is 0.925. The van der Waals surface area contributed by atoms with Crippen LogP contribution in [0.15, 0.2) is 42.5 Å². The van der Waals surface area contributed by atoms with Crippen LogP contribution in [0.3, 0.4) is 0 Å². The molecule has 0 fully saturated rings. The van der Waals surface area contributed by atoms with Gasteiger partial charge in [0.05, 0.1) is 5.56 Å². The smallest absolute Gasteiger partial charge is 0.335 e. The Balaban J connectivity index is 2.21. The number of carboxylic acid groups (broad SMARTS) is 1. The van der Waals surface area contributed by atoms with E-state index in [4.69, 9.17) is 16.7 Å². The Morgan fingerprint density at radius 3 is 2.60 bits per heavy atom. The van der Waals surface area contributed by atoms with Crippen LogP contribution in [0.25, 0.3) is 0 Å². The molecule has 2 aromatic carbocycles. The standard InChI is InChI=1S/C16H16ClNO2/c1-11-8-13(16(19)20)6-7-15(11)18(2)10-12-4-3-5-14(17)9-12/h3-9H,10H2,1-2H3,(H,19,20). The molecule has 0 atom stereocenters. The van der Waals surface area contributed by atoms with Gasteiger partial charge in [-0.2, -0.15) is 0 Å². The second-order valence-corrected chi connectivity index (χ2v) is 5.23. The van der Waals surface area contributed by atoms with Crippen LogP contribution in [0.1, 0.15) is 21.5 Å². The normalized spacial score (nSPS) is 10.3. The SMILES string of the molecule is Cc1cc(C(=O)O)ccc1N(C)Cc1cccc(Cl)c1. The molecule has 0 saturated heterocycles. The van der Waals surface area contributed by atoms with Crippen molar-refractivity contribution in [1.29, 1.82) is 0 Å². The number of carboxylic acids is 1. The van der Waals surface area contributed by atoms with E-state index in [-0.39, 0.29) is 0 Å². The van der Waals surface area contributed by atoms with Gasteiger partial charge in [-0.15, -0.1) is 0 Å². The van der Waals surface area contributed by atoms with E-state index in [1.165, 1.54) is 0 Å². The van der Waals surface area contributed by atoms with Gasteiger partial charge in [-0.3, -0.25) is 0 Å². The van der Waals surface area contributed by atoms with Crippen molar-refractivity contribution >= 4 is 23.3 Å². The number of hydrogen-bond acceptors (Lipinski definition) is 2. The fourth-order valence-corrected chi connectivity index (χ4v) is 2.42. The molecule has 104 valence electrons. The summed E-state index contributed by atoms with van der Waals surface area (Å²) in [4.78, 5) is 13.0. The van der Waals surface area contributed by atoms with E-state index in [0.717, 1.165) is 16.8 Å². The minimum absolute atomic E-state index is 0.308. The Bertz CT molecular complexity index is 640. The van der Waals surface area contributed by atoms with Gasteiger partial charge in [0.25, 0.3) is 0 Å². The van der Waals surface area contributed by atoms with Gasteiger partial charge in [0.15, 0.2) is 0 Å². The lowest BCUT2D eigenvalue weighted by Gasteiger charge is -2.22. The van der Waals surface area contributed by atoms with E-state index in [2.05, 4.69) is 4.90 Å². The van der Waals surface area contributed by atoms with E-state index in [1.54, 1.807) is 12.1 Å². The lowest BCUT2D eigenvalue weighted by atomic mass is 10.1. The molecule has 0 spiro atoms. The van der Waals surface area contributed by atoms with Crippen LogP contribution in [0.4, 0.5) is 5.69 Å². The highest BCUT2D eigenvalue weighted by Crippen LogP contribution is 2.22. The third-order valence-corrected chi connectivity index (χ3v) is 3.40. The summed E-state index contributed by atoms with van der Waals surface area (Å²) in [6, 6.07) is 12.9. The number of benzene rings is 2. The summed E-state index contributed by atoms with van der Waals surface area (Å²) < 4.78 is 0. The van der Waals surface area contributed by atoms with Crippen LogP contribution in [-0.4, -0.2) is 18.1 Å². The number of carbonyl (C=O) groups is 1. The molecule has 2 aromatic rings. The van der Waals surface area contributed by atoms with E-state index in [9.17, 15) is 4.79 Å². The molecule has 0 aromatic heterocycles. The highest BCUT2D eigenvalue weighted by Gasteiger charge is 2.09. The monoisotopic (exact) mass is 289 g/mol. The molecular weight excluding hydrogens is 274 g/mol. The molecule has 0 aliphatic heterocycles. The summed E-state index contributed by atoms with van der Waals surface area (Å²) in [6.45, 7) is 2.63. The van der Waals surface area contributed by atoms with Gasteiger partial charge in [0, 0.05) is 24.3 Å². The van der Waals surface area contributed by atoms with Gasteiger partial charge in [0.1, 0.15) is 0 Å². The van der Waals surface area contributed by atoms with Crippen molar-refractivity contribution in [1.82, 2.24) is 0 Å². The van der Waals surface area contributed by atoms with Crippen molar-refractivity contribution in [2.24, 2.45) is 0 Å². The minimum atomic E-state index is -0.905. The number of aryl methyl sites for hydroxylation is 1. The number of hydrogen-bond donors (Lipinski definition) is 1. The molecule has 0 aliphatic rings. The Labute approximate surface area is 123 Å². The zero-order valence-corrected chi connectivity index (χ0v) is 12.2. The topological polar surface area (TPSA) is 40.5 Å². The van der Waals surface area contributed by atoms with Gasteiger partial charge in [-0.25, -0.2) is 4.79 Å². The van der Waals surface area contributed by atoms with Gasteiger partial charge < -0.3 is 10.0 Å². The Hall–Kier alpha value is -2.00. The Kier molecular flexibility index (Phi) is 4.30. The number of anilines is 1. The van der Waals surface area contributed by atoms with E-state index in [1.807, 2.05) is 44.3 Å². The molecular formula is C16H16ClNO2. The van der Waals surface area contributed by atoms with Crippen LogP contribution in [-0.2, 0) is 6.54 Å². The van der Waals surface area contributed by atoms with Gasteiger partial charge in [-0.05, 0) is 48.4 Å². The van der Waals surface area contributed by atoms with Crippen LogP contribution < -0.4 is 4.90 Å². The van der Waals surface area contributed by atoms with Gasteiger partial charge in [-0.1, -0.05) is 23.7 Å². The van der Waals surface area contributed by atoms with Crippen molar-refractivity contribution < 1.29 is 9.90 Å². The third kappa shape index (κ3) is 3.31. The van der Waals surface area contributed by atoms with Crippen molar-refractivity contribution in [2.45, 2.75) is 13.5 Å². The Morgan fingerprint density at radius 2 is 2.00 bits per heavy atom. The zero-order chi connectivity index (χ0) is 14.7. The molecule has 0 unspecified atom stereocenters. The predicted octanol–water partition coefficient (Wildman–Crippen LogP) is 3.98. The fraction of sp³-hybridized carbons (Fsp3) is 0.188. The molecule has 0 heterocycles. The maximum Gasteiger partial charge on any atom is 0.335 e. The lowest BCUT2D eigenvalue weighted by Crippen LogP contribution is -2.17. The molecule has 2 rings (SSSR count). The summed E-state index contributed by atoms with van der Waals surface area (Å²) in [5, 5.41) is 9.69. The fourth-order valence-electron chi connectivity index (χ4n) is 2.21. The van der Waals surface area contributed by atoms with Crippen molar-refractivity contribution in [3.8, 4) is 0 Å². The molecule has 0 saturated carbocycles. The molecule has 0 amide bonds. The van der Waals surface area contributed by atoms with Crippen molar-refractivity contribution in [3.63, 3.8) is 0 Å². The molecule has 0 bridgehead atoms.